The predicted molar refractivity (Wildman–Crippen MR) is 267 cm³/mol. The van der Waals surface area contributed by atoms with Crippen molar-refractivity contribution in [3.63, 3.8) is 0 Å². The van der Waals surface area contributed by atoms with E-state index in [4.69, 9.17) is 44.9 Å². The van der Waals surface area contributed by atoms with Crippen LogP contribution >= 0.6 is 23.4 Å². The number of methoxy groups -OCH3 is 2. The number of anilines is 1. The second-order valence-electron chi connectivity index (χ2n) is 19.7. The minimum atomic E-state index is -1.88. The fraction of sp³-hybridized carbons (Fsp3) is 0.640. The van der Waals surface area contributed by atoms with Crippen LogP contribution in [0.2, 0.25) is 5.02 Å². The summed E-state index contributed by atoms with van der Waals surface area (Å²) in [7, 11) is 7.52. The number of allylic oxidation sites excluding steroid dienone is 3. The van der Waals surface area contributed by atoms with Crippen LogP contribution in [0.3, 0.4) is 0 Å². The normalized spacial score (nSPS) is 27.1. The first kappa shape index (κ1) is 58.6. The van der Waals surface area contributed by atoms with Crippen molar-refractivity contribution < 1.29 is 76.7 Å². The molecule has 0 radical (unpaired) electrons. The SMILES string of the molecule is COc1cc2cc(c1Cl)N(C)C(=O)C[C@H](OC(=O)[C@H](C)N(C)C(=O)CCC(C)(C)SCC(=O)N(C)CCOCCC(=O)ON1C(=O)CCC1=O)[C@]1(C)O[C@H]1[C@H](C)[C@@H]1C[C@@](O)(NC(=O)O1)[C@H](OC)/C=C/C=C(\C)C2. The number of hydroxylamine groups is 2. The van der Waals surface area contributed by atoms with Gasteiger partial charge in [-0.15, -0.1) is 16.8 Å². The smallest absolute Gasteiger partial charge is 0.409 e. The van der Waals surface area contributed by atoms with Crippen molar-refractivity contribution in [3.05, 3.63) is 46.5 Å². The largest absolute Gasteiger partial charge is 0.495 e. The fourth-order valence-corrected chi connectivity index (χ4v) is 9.93. The van der Waals surface area contributed by atoms with Crippen molar-refractivity contribution in [1.29, 1.82) is 0 Å². The monoisotopic (exact) mass is 1060 g/mol. The standard InChI is InChI=1S/C50H70ClN5O16S/c1-29-13-12-14-36(67-11)50(65)27-35(69-47(64)52-50)30(2)45-49(6,71-45)37(26-41(60)55(9)33-24-32(23-29)25-34(66-10)44(33)51)70-46(63)31(3)54(8)38(57)17-19-48(4,5)73-28-42(61)53(7)20-22-68-21-18-43(62)72-56-39(58)15-16-40(56)59/h12-14,24-25,30-31,35-37,45,65H,15-23,26-28H2,1-11H3,(H,52,64)/b14-12+,29-13+/t30-,31+,35+,36-,37+,45+,49+,50+/m1/s1. The third-order valence-corrected chi connectivity index (χ3v) is 15.5. The highest BCUT2D eigenvalue weighted by atomic mass is 35.5. The number of thioether (sulfide) groups is 1. The molecule has 1 aromatic carbocycles. The van der Waals surface area contributed by atoms with E-state index in [1.165, 1.54) is 54.7 Å². The quantitative estimate of drug-likeness (QED) is 0.0901. The fourth-order valence-electron chi connectivity index (χ4n) is 8.63. The predicted octanol–water partition coefficient (Wildman–Crippen LogP) is 4.28. The van der Waals surface area contributed by atoms with E-state index < -0.39 is 88.2 Å². The number of benzene rings is 1. The number of rotatable bonds is 18. The molecule has 0 aliphatic carbocycles. The molecule has 0 unspecified atom stereocenters. The number of alkyl carbamates (subject to hydrolysis) is 1. The number of ether oxygens (including phenoxy) is 6. The molecule has 0 spiro atoms. The van der Waals surface area contributed by atoms with Crippen LogP contribution in [0.5, 0.6) is 5.75 Å². The molecule has 4 bridgehead atoms. The summed E-state index contributed by atoms with van der Waals surface area (Å²) in [5, 5.41) is 15.0. The third kappa shape index (κ3) is 15.0. The second-order valence-corrected chi connectivity index (χ2v) is 21.7. The molecule has 21 nitrogen and oxygen atoms in total. The first-order valence-corrected chi connectivity index (χ1v) is 25.5. The first-order valence-electron chi connectivity index (χ1n) is 24.1. The molecule has 1 aromatic rings. The lowest BCUT2D eigenvalue weighted by atomic mass is 9.83. The molecule has 4 aliphatic heterocycles. The number of carbonyl (C=O) groups is 8. The molecule has 3 saturated heterocycles. The van der Waals surface area contributed by atoms with Gasteiger partial charge in [-0.1, -0.05) is 56.2 Å². The zero-order valence-electron chi connectivity index (χ0n) is 43.5. The summed E-state index contributed by atoms with van der Waals surface area (Å²) in [6, 6.07) is 2.43. The van der Waals surface area contributed by atoms with Crippen molar-refractivity contribution in [2.75, 3.05) is 65.8 Å². The van der Waals surface area contributed by atoms with E-state index >= 15 is 0 Å². The highest BCUT2D eigenvalue weighted by Gasteiger charge is 2.64. The van der Waals surface area contributed by atoms with Gasteiger partial charge in [0.05, 0.1) is 50.7 Å². The molecule has 2 N–H and O–H groups in total. The van der Waals surface area contributed by atoms with Crippen molar-refractivity contribution >= 4 is 76.6 Å². The van der Waals surface area contributed by atoms with Gasteiger partial charge in [0, 0.05) is 71.1 Å². The number of amides is 6. The Morgan fingerprint density at radius 1 is 1.04 bits per heavy atom. The Labute approximate surface area is 435 Å². The average molecular weight is 1060 g/mol. The summed E-state index contributed by atoms with van der Waals surface area (Å²) in [6.45, 7) is 11.0. The molecular formula is C50H70ClN5O16S. The number of halogens is 1. The number of hydrogen-bond donors (Lipinski definition) is 2. The van der Waals surface area contributed by atoms with Gasteiger partial charge in [0.25, 0.3) is 11.8 Å². The lowest BCUT2D eigenvalue weighted by molar-refractivity contribution is -0.198. The van der Waals surface area contributed by atoms with Gasteiger partial charge in [-0.05, 0) is 51.3 Å². The van der Waals surface area contributed by atoms with E-state index in [2.05, 4.69) is 5.32 Å². The van der Waals surface area contributed by atoms with Crippen LogP contribution in [0, 0.1) is 5.92 Å². The van der Waals surface area contributed by atoms with Crippen LogP contribution in [0.1, 0.15) is 92.1 Å². The molecule has 0 saturated carbocycles. The minimum Gasteiger partial charge on any atom is -0.495 e. The lowest BCUT2D eigenvalue weighted by Crippen LogP contribution is -2.63. The summed E-state index contributed by atoms with van der Waals surface area (Å²) < 4.78 is 34.4. The molecule has 6 amide bonds. The summed E-state index contributed by atoms with van der Waals surface area (Å²) in [6.07, 6.45) is 0.600. The number of nitrogens with one attached hydrogen (secondary N) is 1. The van der Waals surface area contributed by atoms with Crippen LogP contribution < -0.4 is 15.0 Å². The maximum absolute atomic E-state index is 14.4. The van der Waals surface area contributed by atoms with Crippen LogP contribution in [0.15, 0.2) is 35.9 Å². The number of esters is 1. The van der Waals surface area contributed by atoms with Gasteiger partial charge in [-0.3, -0.25) is 29.3 Å². The van der Waals surface area contributed by atoms with E-state index in [-0.39, 0.29) is 80.9 Å². The van der Waals surface area contributed by atoms with Crippen molar-refractivity contribution in [3.8, 4) is 5.75 Å². The molecule has 8 atom stereocenters. The highest BCUT2D eigenvalue weighted by molar-refractivity contribution is 8.01. The number of aliphatic hydroxyl groups is 1. The minimum absolute atomic E-state index is 0.00719. The summed E-state index contributed by atoms with van der Waals surface area (Å²) in [4.78, 5) is 112. The number of likely N-dealkylation sites (N-methyl/N-ethyl adjacent to an activating group) is 2. The average Bonchev–Trinajstić information content (AvgIpc) is 3.94. The Hall–Kier alpha value is -5.26. The Morgan fingerprint density at radius 3 is 2.38 bits per heavy atom. The summed E-state index contributed by atoms with van der Waals surface area (Å²) in [5.41, 5.74) is -1.16. The summed E-state index contributed by atoms with van der Waals surface area (Å²) >= 11 is 8.17. The van der Waals surface area contributed by atoms with Gasteiger partial charge in [-0.2, -0.15) is 0 Å². The molecule has 23 heteroatoms. The van der Waals surface area contributed by atoms with E-state index in [9.17, 15) is 43.5 Å². The van der Waals surface area contributed by atoms with E-state index in [1.807, 2.05) is 26.8 Å². The van der Waals surface area contributed by atoms with Crippen LogP contribution in [-0.2, 0) is 68.5 Å². The number of nitrogens with zero attached hydrogens (tertiary/aromatic N) is 4. The molecule has 5 rings (SSSR count). The Balaban J connectivity index is 1.22. The lowest BCUT2D eigenvalue weighted by Gasteiger charge is -2.42. The number of imide groups is 1. The topological polar surface area (TPSA) is 250 Å². The third-order valence-electron chi connectivity index (χ3n) is 13.7. The van der Waals surface area contributed by atoms with Gasteiger partial charge >= 0.3 is 18.0 Å². The Kier molecular flexibility index (Phi) is 20.0. The molecule has 4 aliphatic rings. The van der Waals surface area contributed by atoms with Gasteiger partial charge in [0.2, 0.25) is 17.7 Å². The van der Waals surface area contributed by atoms with E-state index in [1.54, 1.807) is 52.2 Å². The van der Waals surface area contributed by atoms with Crippen LogP contribution in [0.4, 0.5) is 10.5 Å². The van der Waals surface area contributed by atoms with Crippen molar-refractivity contribution in [2.24, 2.45) is 5.92 Å². The Morgan fingerprint density at radius 2 is 1.73 bits per heavy atom. The zero-order chi connectivity index (χ0) is 54.2. The van der Waals surface area contributed by atoms with E-state index in [0.29, 0.717) is 29.3 Å². The molecule has 4 heterocycles. The van der Waals surface area contributed by atoms with Crippen molar-refractivity contribution in [2.45, 2.75) is 139 Å². The number of epoxide rings is 1. The highest BCUT2D eigenvalue weighted by Crippen LogP contribution is 2.49. The van der Waals surface area contributed by atoms with Gasteiger partial charge < -0.3 is 53.1 Å². The second kappa shape index (κ2) is 24.8. The maximum atomic E-state index is 14.4. The molecule has 73 heavy (non-hydrogen) atoms. The molecular weight excluding hydrogens is 994 g/mol. The number of fused-ring (bicyclic) bond motifs is 5. The van der Waals surface area contributed by atoms with Crippen LogP contribution in [0.25, 0.3) is 0 Å². The molecule has 404 valence electrons. The van der Waals surface area contributed by atoms with Crippen LogP contribution in [-0.4, -0.2) is 175 Å². The summed E-state index contributed by atoms with van der Waals surface area (Å²) in [5.74, 6) is -3.93. The Bertz CT molecular complexity index is 2320. The zero-order valence-corrected chi connectivity index (χ0v) is 45.1. The molecule has 3 fully saturated rings. The van der Waals surface area contributed by atoms with Crippen molar-refractivity contribution in [1.82, 2.24) is 20.2 Å². The van der Waals surface area contributed by atoms with Gasteiger partial charge in [-0.25, -0.2) is 14.4 Å². The first-order chi connectivity index (χ1) is 34.2. The van der Waals surface area contributed by atoms with Gasteiger partial charge in [0.15, 0.2) is 5.72 Å². The number of carbonyl (C=O) groups excluding carboxylic acids is 8. The van der Waals surface area contributed by atoms with Gasteiger partial charge in [0.1, 0.15) is 40.7 Å². The molecule has 0 aromatic heterocycles. The van der Waals surface area contributed by atoms with E-state index in [0.717, 1.165) is 11.1 Å². The number of hydrogen-bond acceptors (Lipinski definition) is 17. The maximum Gasteiger partial charge on any atom is 0.409 e.